The van der Waals surface area contributed by atoms with E-state index in [9.17, 15) is 4.79 Å². The number of ether oxygens (including phenoxy) is 1. The molecule has 2 N–H and O–H groups in total. The smallest absolute Gasteiger partial charge is 0.227 e. The van der Waals surface area contributed by atoms with Crippen molar-refractivity contribution < 1.29 is 9.53 Å². The van der Waals surface area contributed by atoms with Gasteiger partial charge in [0.25, 0.3) is 0 Å². The van der Waals surface area contributed by atoms with Gasteiger partial charge in [0.2, 0.25) is 5.91 Å². The highest BCUT2D eigenvalue weighted by molar-refractivity contribution is 14.0. The summed E-state index contributed by atoms with van der Waals surface area (Å²) in [5.74, 6) is 1.01. The number of hydrogen-bond acceptors (Lipinski definition) is 4. The molecule has 0 spiro atoms. The number of anilines is 1. The van der Waals surface area contributed by atoms with Crippen LogP contribution in [0.25, 0.3) is 0 Å². The molecule has 1 aromatic rings. The van der Waals surface area contributed by atoms with E-state index in [1.54, 1.807) is 7.05 Å². The molecular formula is C23H38IN5O2. The molecule has 8 heteroatoms. The van der Waals surface area contributed by atoms with Crippen molar-refractivity contribution >= 4 is 41.5 Å². The number of carbonyl (C=O) groups excluding carboxylic acids is 1. The lowest BCUT2D eigenvalue weighted by Crippen LogP contribution is -2.59. The van der Waals surface area contributed by atoms with E-state index >= 15 is 0 Å². The summed E-state index contributed by atoms with van der Waals surface area (Å²) in [7, 11) is 1.79. The van der Waals surface area contributed by atoms with Gasteiger partial charge in [-0.3, -0.25) is 14.7 Å². The van der Waals surface area contributed by atoms with Crippen LogP contribution in [0.1, 0.15) is 46.1 Å². The summed E-state index contributed by atoms with van der Waals surface area (Å²) in [6.45, 7) is 13.0. The van der Waals surface area contributed by atoms with E-state index in [1.165, 1.54) is 0 Å². The molecule has 3 rings (SSSR count). The minimum Gasteiger partial charge on any atom is -0.373 e. The Hall–Kier alpha value is -1.39. The molecule has 0 aliphatic carbocycles. The number of benzene rings is 1. The van der Waals surface area contributed by atoms with Gasteiger partial charge in [-0.2, -0.15) is 0 Å². The van der Waals surface area contributed by atoms with Crippen LogP contribution in [0, 0.1) is 0 Å². The van der Waals surface area contributed by atoms with Gasteiger partial charge in [-0.15, -0.1) is 24.0 Å². The molecule has 31 heavy (non-hydrogen) atoms. The summed E-state index contributed by atoms with van der Waals surface area (Å²) in [6.07, 6.45) is 2.11. The Morgan fingerprint density at radius 2 is 1.81 bits per heavy atom. The summed E-state index contributed by atoms with van der Waals surface area (Å²) < 4.78 is 5.87. The standard InChI is InChI=1S/C23H37N5O2.HI/c1-17-14-27(15-18(2)30-17)23(3,4)16-26-22(24-5)25-13-19-8-10-20(11-9-19)28-12-6-7-21(28)29;/h8-11,17-18H,6-7,12-16H2,1-5H3,(H2,24,25,26);1H. The maximum absolute atomic E-state index is 11.9. The summed E-state index contributed by atoms with van der Waals surface area (Å²) in [6, 6.07) is 8.20. The highest BCUT2D eigenvalue weighted by Crippen LogP contribution is 2.22. The lowest BCUT2D eigenvalue weighted by molar-refractivity contribution is -0.117. The normalized spacial score (nSPS) is 22.9. The maximum atomic E-state index is 11.9. The van der Waals surface area contributed by atoms with E-state index in [0.29, 0.717) is 13.0 Å². The molecule has 2 aliphatic rings. The zero-order chi connectivity index (χ0) is 21.7. The predicted molar refractivity (Wildman–Crippen MR) is 137 cm³/mol. The van der Waals surface area contributed by atoms with Crippen LogP contribution in [0.3, 0.4) is 0 Å². The SMILES string of the molecule is CN=C(NCc1ccc(N2CCCC2=O)cc1)NCC(C)(C)N1CC(C)OC(C)C1.I. The first-order valence-corrected chi connectivity index (χ1v) is 11.0. The van der Waals surface area contributed by atoms with Crippen LogP contribution in [-0.2, 0) is 16.1 Å². The summed E-state index contributed by atoms with van der Waals surface area (Å²) >= 11 is 0. The van der Waals surface area contributed by atoms with Gasteiger partial charge >= 0.3 is 0 Å². The van der Waals surface area contributed by atoms with Gasteiger partial charge in [-0.1, -0.05) is 12.1 Å². The number of nitrogens with one attached hydrogen (secondary N) is 2. The van der Waals surface area contributed by atoms with Crippen LogP contribution in [-0.4, -0.2) is 67.7 Å². The van der Waals surface area contributed by atoms with E-state index in [4.69, 9.17) is 4.74 Å². The largest absolute Gasteiger partial charge is 0.373 e. The van der Waals surface area contributed by atoms with Crippen LogP contribution in [0.2, 0.25) is 0 Å². The zero-order valence-electron chi connectivity index (χ0n) is 19.5. The Kier molecular flexibility index (Phi) is 9.57. The van der Waals surface area contributed by atoms with Crippen molar-refractivity contribution in [3.05, 3.63) is 29.8 Å². The minimum absolute atomic E-state index is 0. The molecule has 0 radical (unpaired) electrons. The molecule has 1 amide bonds. The molecule has 2 fully saturated rings. The third-order valence-corrected chi connectivity index (χ3v) is 5.97. The molecule has 0 saturated carbocycles. The number of aliphatic imine (C=N–C) groups is 1. The fourth-order valence-corrected chi connectivity index (χ4v) is 4.21. The van der Waals surface area contributed by atoms with E-state index < -0.39 is 0 Å². The fourth-order valence-electron chi connectivity index (χ4n) is 4.21. The molecule has 2 saturated heterocycles. The first kappa shape index (κ1) is 25.9. The highest BCUT2D eigenvalue weighted by Gasteiger charge is 2.33. The first-order chi connectivity index (χ1) is 14.3. The second-order valence-corrected chi connectivity index (χ2v) is 9.07. The van der Waals surface area contributed by atoms with Gasteiger partial charge in [-0.25, -0.2) is 0 Å². The molecule has 2 atom stereocenters. The first-order valence-electron chi connectivity index (χ1n) is 11.0. The van der Waals surface area contributed by atoms with Crippen molar-refractivity contribution in [2.24, 2.45) is 4.99 Å². The Labute approximate surface area is 204 Å². The van der Waals surface area contributed by atoms with Crippen LogP contribution >= 0.6 is 24.0 Å². The van der Waals surface area contributed by atoms with Crippen molar-refractivity contribution in [3.63, 3.8) is 0 Å². The van der Waals surface area contributed by atoms with Crippen LogP contribution in [0.15, 0.2) is 29.3 Å². The van der Waals surface area contributed by atoms with E-state index in [1.807, 2.05) is 17.0 Å². The van der Waals surface area contributed by atoms with Crippen molar-refractivity contribution in [1.29, 1.82) is 0 Å². The number of guanidine groups is 1. The number of nitrogens with zero attached hydrogens (tertiary/aromatic N) is 3. The van der Waals surface area contributed by atoms with E-state index in [0.717, 1.165) is 49.8 Å². The number of rotatable bonds is 6. The van der Waals surface area contributed by atoms with Crippen molar-refractivity contribution in [2.45, 2.75) is 64.8 Å². The summed E-state index contributed by atoms with van der Waals surface area (Å²) in [4.78, 5) is 20.6. The number of hydrogen-bond donors (Lipinski definition) is 2. The lowest BCUT2D eigenvalue weighted by Gasteiger charge is -2.45. The molecule has 1 aromatic carbocycles. The Balaban J connectivity index is 0.00000341. The average Bonchev–Trinajstić information content (AvgIpc) is 3.13. The lowest BCUT2D eigenvalue weighted by atomic mass is 10.00. The molecular weight excluding hydrogens is 505 g/mol. The van der Waals surface area contributed by atoms with Gasteiger partial charge in [0.05, 0.1) is 12.2 Å². The number of carbonyl (C=O) groups is 1. The van der Waals surface area contributed by atoms with Gasteiger partial charge in [0, 0.05) is 57.4 Å². The van der Waals surface area contributed by atoms with Gasteiger partial charge in [0.1, 0.15) is 0 Å². The minimum atomic E-state index is -0.00612. The molecule has 174 valence electrons. The third-order valence-electron chi connectivity index (χ3n) is 5.97. The van der Waals surface area contributed by atoms with Gasteiger partial charge in [0.15, 0.2) is 5.96 Å². The molecule has 7 nitrogen and oxygen atoms in total. The maximum Gasteiger partial charge on any atom is 0.227 e. The molecule has 0 aromatic heterocycles. The van der Waals surface area contributed by atoms with Crippen LogP contribution in [0.4, 0.5) is 5.69 Å². The van der Waals surface area contributed by atoms with Gasteiger partial charge < -0.3 is 20.3 Å². The Morgan fingerprint density at radius 3 is 2.35 bits per heavy atom. The van der Waals surface area contributed by atoms with Crippen molar-refractivity contribution in [2.75, 3.05) is 38.1 Å². The monoisotopic (exact) mass is 543 g/mol. The summed E-state index contributed by atoms with van der Waals surface area (Å²) in [5, 5.41) is 6.86. The number of halogens is 1. The predicted octanol–water partition coefficient (Wildman–Crippen LogP) is 2.98. The third kappa shape index (κ3) is 7.05. The second-order valence-electron chi connectivity index (χ2n) is 9.07. The topological polar surface area (TPSA) is 69.2 Å². The number of morpholine rings is 1. The van der Waals surface area contributed by atoms with Gasteiger partial charge in [-0.05, 0) is 51.8 Å². The van der Waals surface area contributed by atoms with E-state index in [2.05, 4.69) is 60.4 Å². The Morgan fingerprint density at radius 1 is 1.16 bits per heavy atom. The second kappa shape index (κ2) is 11.5. The van der Waals surface area contributed by atoms with Crippen LogP contribution in [0.5, 0.6) is 0 Å². The van der Waals surface area contributed by atoms with Crippen molar-refractivity contribution in [3.8, 4) is 0 Å². The van der Waals surface area contributed by atoms with E-state index in [-0.39, 0.29) is 47.6 Å². The average molecular weight is 543 g/mol. The number of amides is 1. The zero-order valence-corrected chi connectivity index (χ0v) is 21.8. The summed E-state index contributed by atoms with van der Waals surface area (Å²) in [5.41, 5.74) is 2.14. The fraction of sp³-hybridized carbons (Fsp3) is 0.652. The highest BCUT2D eigenvalue weighted by atomic mass is 127. The molecule has 2 unspecified atom stereocenters. The molecule has 2 aliphatic heterocycles. The van der Waals surface area contributed by atoms with Crippen molar-refractivity contribution in [1.82, 2.24) is 15.5 Å². The molecule has 2 heterocycles. The molecule has 0 bridgehead atoms. The Bertz CT molecular complexity index is 743. The quantitative estimate of drug-likeness (QED) is 0.328. The van der Waals surface area contributed by atoms with Crippen LogP contribution < -0.4 is 15.5 Å².